The van der Waals surface area contributed by atoms with E-state index in [1.165, 1.54) is 101 Å². The van der Waals surface area contributed by atoms with Crippen LogP contribution in [0.4, 0.5) is 5.82 Å². The number of nitrogen functional groups attached to an aromatic ring is 1. The summed E-state index contributed by atoms with van der Waals surface area (Å²) in [7, 11) is -3.41. The maximum absolute atomic E-state index is 13.2. The number of benzene rings is 1. The number of anilines is 1. The van der Waals surface area contributed by atoms with Crippen LogP contribution in [0.2, 0.25) is 0 Å². The largest absolute Gasteiger partial charge is 0.496 e. The normalized spacial score (nSPS) is 20.6. The lowest BCUT2D eigenvalue weighted by Crippen LogP contribution is -2.45. The molecule has 6 atom stereocenters. The molecule has 0 aliphatic carbocycles. The van der Waals surface area contributed by atoms with Crippen molar-refractivity contribution in [2.45, 2.75) is 146 Å². The maximum Gasteiger partial charge on any atom is 0.472 e. The number of aliphatic hydroxyl groups excluding tert-OH is 2. The van der Waals surface area contributed by atoms with Crippen molar-refractivity contribution in [3.63, 3.8) is 0 Å². The minimum absolute atomic E-state index is 0.0176. The fraction of sp³-hybridized carbons (Fsp3) is 0.667. The molecule has 1 aromatic carbocycles. The van der Waals surface area contributed by atoms with Gasteiger partial charge < -0.3 is 39.8 Å². The van der Waals surface area contributed by atoms with Crippen LogP contribution in [0.3, 0.4) is 0 Å². The number of nitriles is 2. The van der Waals surface area contributed by atoms with Gasteiger partial charge in [0.25, 0.3) is 0 Å². The van der Waals surface area contributed by atoms with Crippen LogP contribution in [0.25, 0.3) is 5.52 Å². The standard InChI is InChI=1S/C42H63N6O10P/c1-3-4-5-6-7-8-9-10-11-12-13-14-15-16-17-18-23-54-27-34(55-26-33-20-19-32(25-43)24-37(33)53-2)28-56-59(51,52)57-30-42(29-44)40(50)38(49)39(58-42)35-21-22-36-41(45)46-31-47-48(35)36/h19-22,24,31,34,38-40,49-50H,3-18,23,26-28,30H2,1-2H3,(H,51,52)(H2,45,46,47)/t34-,38-,39-,40-,42+/m0/s1. The summed E-state index contributed by atoms with van der Waals surface area (Å²) in [6.45, 7) is 1.42. The molecule has 1 saturated heterocycles. The molecule has 3 aromatic rings. The van der Waals surface area contributed by atoms with Crippen LogP contribution in [0, 0.1) is 22.7 Å². The smallest absolute Gasteiger partial charge is 0.472 e. The number of hydrogen-bond acceptors (Lipinski definition) is 14. The van der Waals surface area contributed by atoms with Gasteiger partial charge >= 0.3 is 7.82 Å². The number of unbranched alkanes of at least 4 members (excludes halogenated alkanes) is 15. The van der Waals surface area contributed by atoms with E-state index >= 15 is 0 Å². The number of rotatable bonds is 30. The molecule has 17 heteroatoms. The van der Waals surface area contributed by atoms with Crippen molar-refractivity contribution >= 4 is 19.2 Å². The summed E-state index contributed by atoms with van der Waals surface area (Å²) < 4.78 is 48.2. The number of methoxy groups -OCH3 is 1. The van der Waals surface area contributed by atoms with Crippen LogP contribution in [0.1, 0.15) is 133 Å². The molecule has 1 aliphatic heterocycles. The van der Waals surface area contributed by atoms with Crippen molar-refractivity contribution in [3.05, 3.63) is 53.5 Å². The molecule has 326 valence electrons. The second kappa shape index (κ2) is 25.2. The molecular weight excluding hydrogens is 779 g/mol. The first kappa shape index (κ1) is 48.0. The first-order valence-corrected chi connectivity index (χ1v) is 22.5. The molecule has 0 spiro atoms. The Morgan fingerprint density at radius 3 is 2.19 bits per heavy atom. The van der Waals surface area contributed by atoms with E-state index < -0.39 is 51.1 Å². The summed E-state index contributed by atoms with van der Waals surface area (Å²) in [5.41, 5.74) is 5.40. The Hall–Kier alpha value is -3.67. The highest BCUT2D eigenvalue weighted by Crippen LogP contribution is 2.47. The first-order valence-electron chi connectivity index (χ1n) is 21.0. The zero-order valence-corrected chi connectivity index (χ0v) is 35.5. The number of hydrogen-bond donors (Lipinski definition) is 4. The highest BCUT2D eigenvalue weighted by molar-refractivity contribution is 7.47. The van der Waals surface area contributed by atoms with Crippen LogP contribution in [0.5, 0.6) is 5.75 Å². The lowest BCUT2D eigenvalue weighted by Gasteiger charge is -2.26. The SMILES string of the molecule is CCCCCCCCCCCCCCCCCCOC[C@@H](COP(=O)(O)OC[C@@]1(C#N)O[C@@H](c2ccc3c(N)ncnn23)[C@H](O)[C@@H]1O)OCc1ccc(C#N)cc1OC. The Balaban J connectivity index is 1.22. The molecule has 59 heavy (non-hydrogen) atoms. The maximum atomic E-state index is 13.2. The molecule has 5 N–H and O–H groups in total. The number of aromatic nitrogens is 3. The molecule has 2 aromatic heterocycles. The van der Waals surface area contributed by atoms with Gasteiger partial charge in [0.2, 0.25) is 5.60 Å². The van der Waals surface area contributed by atoms with Crippen LogP contribution in [-0.2, 0) is 34.4 Å². The summed E-state index contributed by atoms with van der Waals surface area (Å²) >= 11 is 0. The summed E-state index contributed by atoms with van der Waals surface area (Å²) in [6.07, 6.45) is 15.8. The number of nitrogens with two attached hydrogens (primary N) is 1. The second-order valence-electron chi connectivity index (χ2n) is 15.2. The summed E-state index contributed by atoms with van der Waals surface area (Å²) in [5, 5.41) is 45.3. The highest BCUT2D eigenvalue weighted by Gasteiger charge is 2.57. The van der Waals surface area contributed by atoms with Crippen molar-refractivity contribution in [3.8, 4) is 17.9 Å². The zero-order chi connectivity index (χ0) is 42.5. The van der Waals surface area contributed by atoms with Crippen molar-refractivity contribution in [1.82, 2.24) is 14.6 Å². The molecule has 0 amide bonds. The molecule has 1 aliphatic rings. The van der Waals surface area contributed by atoms with Gasteiger partial charge in [-0.25, -0.2) is 14.1 Å². The van der Waals surface area contributed by atoms with Gasteiger partial charge in [-0.05, 0) is 30.7 Å². The van der Waals surface area contributed by atoms with E-state index in [1.54, 1.807) is 36.4 Å². The predicted octanol–water partition coefficient (Wildman–Crippen LogP) is 7.24. The monoisotopic (exact) mass is 842 g/mol. The summed E-state index contributed by atoms with van der Waals surface area (Å²) in [5.74, 6) is 0.604. The van der Waals surface area contributed by atoms with Crippen LogP contribution < -0.4 is 10.5 Å². The molecule has 1 fully saturated rings. The van der Waals surface area contributed by atoms with E-state index in [2.05, 4.69) is 23.1 Å². The molecular formula is C42H63N6O10P. The van der Waals surface area contributed by atoms with Crippen molar-refractivity contribution in [2.75, 3.05) is 39.3 Å². The highest BCUT2D eigenvalue weighted by atomic mass is 31.2. The van der Waals surface area contributed by atoms with Crippen LogP contribution in [-0.4, -0.2) is 87.2 Å². The number of ether oxygens (including phenoxy) is 4. The second-order valence-corrected chi connectivity index (χ2v) is 16.6. The Bertz CT molecular complexity index is 1840. The third-order valence-electron chi connectivity index (χ3n) is 10.6. The molecule has 0 bridgehead atoms. The summed E-state index contributed by atoms with van der Waals surface area (Å²) in [4.78, 5) is 14.6. The van der Waals surface area contributed by atoms with Gasteiger partial charge in [-0.1, -0.05) is 109 Å². The molecule has 16 nitrogen and oxygen atoms in total. The van der Waals surface area contributed by atoms with Crippen molar-refractivity contribution < 1.29 is 47.7 Å². The lowest BCUT2D eigenvalue weighted by atomic mass is 9.96. The van der Waals surface area contributed by atoms with Gasteiger partial charge in [0.15, 0.2) is 5.82 Å². The van der Waals surface area contributed by atoms with Crippen LogP contribution >= 0.6 is 7.82 Å². The molecule has 3 heterocycles. The van der Waals surface area contributed by atoms with Crippen LogP contribution in [0.15, 0.2) is 36.7 Å². The topological polar surface area (TPSA) is 237 Å². The number of aliphatic hydroxyl groups is 2. The number of fused-ring (bicyclic) bond motifs is 1. The summed E-state index contributed by atoms with van der Waals surface area (Å²) in [6, 6.07) is 11.9. The van der Waals surface area contributed by atoms with Crippen molar-refractivity contribution in [1.29, 1.82) is 10.5 Å². The molecule has 1 unspecified atom stereocenters. The Morgan fingerprint density at radius 2 is 1.58 bits per heavy atom. The van der Waals surface area contributed by atoms with E-state index in [9.17, 15) is 30.2 Å². The van der Waals surface area contributed by atoms with Gasteiger partial charge in [0.05, 0.1) is 44.3 Å². The Morgan fingerprint density at radius 1 is 0.932 bits per heavy atom. The zero-order valence-electron chi connectivity index (χ0n) is 34.6. The van der Waals surface area contributed by atoms with Gasteiger partial charge in [-0.15, -0.1) is 0 Å². The first-order chi connectivity index (χ1) is 28.6. The lowest BCUT2D eigenvalue weighted by molar-refractivity contribution is -0.0790. The van der Waals surface area contributed by atoms with E-state index in [0.29, 0.717) is 29.0 Å². The van der Waals surface area contributed by atoms with E-state index in [0.717, 1.165) is 19.3 Å². The number of phosphoric acid groups is 1. The quantitative estimate of drug-likeness (QED) is 0.0382. The number of nitrogens with zero attached hydrogens (tertiary/aromatic N) is 5. The fourth-order valence-electron chi connectivity index (χ4n) is 7.12. The molecule has 0 saturated carbocycles. The van der Waals surface area contributed by atoms with Gasteiger partial charge in [0.1, 0.15) is 54.7 Å². The minimum atomic E-state index is -4.89. The fourth-order valence-corrected chi connectivity index (χ4v) is 7.90. The van der Waals surface area contributed by atoms with Crippen molar-refractivity contribution in [2.24, 2.45) is 0 Å². The van der Waals surface area contributed by atoms with E-state index in [4.69, 9.17) is 33.7 Å². The average Bonchev–Trinajstić information content (AvgIpc) is 3.78. The third-order valence-corrected chi connectivity index (χ3v) is 11.6. The van der Waals surface area contributed by atoms with Gasteiger partial charge in [-0.2, -0.15) is 15.6 Å². The van der Waals surface area contributed by atoms with E-state index in [1.807, 2.05) is 0 Å². The molecule has 0 radical (unpaired) electrons. The minimum Gasteiger partial charge on any atom is -0.496 e. The Kier molecular flexibility index (Phi) is 20.5. The predicted molar refractivity (Wildman–Crippen MR) is 220 cm³/mol. The number of phosphoric ester groups is 1. The molecule has 4 rings (SSSR count). The average molecular weight is 843 g/mol. The van der Waals surface area contributed by atoms with Gasteiger partial charge in [-0.3, -0.25) is 9.05 Å². The third kappa shape index (κ3) is 14.8. The van der Waals surface area contributed by atoms with Gasteiger partial charge in [0, 0.05) is 12.2 Å². The van der Waals surface area contributed by atoms with E-state index in [-0.39, 0.29) is 24.7 Å². The Labute approximate surface area is 348 Å².